The summed E-state index contributed by atoms with van der Waals surface area (Å²) in [6, 6.07) is 8.27. The SMILES string of the molecule is CN1CCCC(CNc2nc3ccccc3n2C)C1. The van der Waals surface area contributed by atoms with Crippen LogP contribution in [0.5, 0.6) is 0 Å². The van der Waals surface area contributed by atoms with Crippen molar-refractivity contribution in [3.05, 3.63) is 24.3 Å². The molecule has 0 amide bonds. The summed E-state index contributed by atoms with van der Waals surface area (Å²) in [5, 5.41) is 3.52. The number of nitrogens with zero attached hydrogens (tertiary/aromatic N) is 3. The van der Waals surface area contributed by atoms with Crippen LogP contribution >= 0.6 is 0 Å². The lowest BCUT2D eigenvalue weighted by atomic mass is 9.99. The van der Waals surface area contributed by atoms with Crippen LogP contribution in [0.1, 0.15) is 12.8 Å². The van der Waals surface area contributed by atoms with Crippen molar-refractivity contribution in [3.8, 4) is 0 Å². The fourth-order valence-electron chi connectivity index (χ4n) is 2.98. The number of hydrogen-bond acceptors (Lipinski definition) is 3. The van der Waals surface area contributed by atoms with Gasteiger partial charge in [0.15, 0.2) is 0 Å². The molecule has 1 unspecified atom stereocenters. The Morgan fingerprint density at radius 3 is 2.95 bits per heavy atom. The molecule has 0 bridgehead atoms. The van der Waals surface area contributed by atoms with Gasteiger partial charge in [0.25, 0.3) is 0 Å². The predicted molar refractivity (Wildman–Crippen MR) is 79.4 cm³/mol. The molecule has 1 aromatic heterocycles. The number of aryl methyl sites for hydroxylation is 1. The second-order valence-electron chi connectivity index (χ2n) is 5.63. The Kier molecular flexibility index (Phi) is 3.42. The molecule has 1 fully saturated rings. The number of nitrogens with one attached hydrogen (secondary N) is 1. The fourth-order valence-corrected chi connectivity index (χ4v) is 2.98. The second-order valence-corrected chi connectivity index (χ2v) is 5.63. The van der Waals surface area contributed by atoms with Crippen LogP contribution in [0.4, 0.5) is 5.95 Å². The zero-order valence-electron chi connectivity index (χ0n) is 11.8. The van der Waals surface area contributed by atoms with E-state index in [4.69, 9.17) is 0 Å². The number of anilines is 1. The van der Waals surface area contributed by atoms with Gasteiger partial charge in [-0.3, -0.25) is 0 Å². The van der Waals surface area contributed by atoms with Crippen molar-refractivity contribution in [1.29, 1.82) is 0 Å². The molecule has 1 saturated heterocycles. The molecule has 2 aromatic rings. The van der Waals surface area contributed by atoms with Crippen molar-refractivity contribution in [1.82, 2.24) is 14.5 Å². The highest BCUT2D eigenvalue weighted by Gasteiger charge is 2.17. The summed E-state index contributed by atoms with van der Waals surface area (Å²) in [6.07, 6.45) is 2.63. The molecular weight excluding hydrogens is 236 g/mol. The first-order valence-electron chi connectivity index (χ1n) is 7.08. The standard InChI is InChI=1S/C15H22N4/c1-18-9-5-6-12(11-18)10-16-15-17-13-7-3-4-8-14(13)19(15)2/h3-4,7-8,12H,5-6,9-11H2,1-2H3,(H,16,17). The molecule has 19 heavy (non-hydrogen) atoms. The van der Waals surface area contributed by atoms with Crippen molar-refractivity contribution in [2.75, 3.05) is 32.0 Å². The largest absolute Gasteiger partial charge is 0.355 e. The van der Waals surface area contributed by atoms with E-state index in [1.54, 1.807) is 0 Å². The Morgan fingerprint density at radius 2 is 2.16 bits per heavy atom. The number of fused-ring (bicyclic) bond motifs is 1. The Bertz CT molecular complexity index is 560. The van der Waals surface area contributed by atoms with Gasteiger partial charge in [-0.05, 0) is 44.5 Å². The van der Waals surface area contributed by atoms with Crippen molar-refractivity contribution in [2.24, 2.45) is 13.0 Å². The van der Waals surface area contributed by atoms with E-state index in [2.05, 4.69) is 52.1 Å². The van der Waals surface area contributed by atoms with Crippen molar-refractivity contribution >= 4 is 17.0 Å². The Morgan fingerprint density at radius 1 is 1.32 bits per heavy atom. The van der Waals surface area contributed by atoms with Gasteiger partial charge in [0.1, 0.15) is 0 Å². The molecule has 4 heteroatoms. The van der Waals surface area contributed by atoms with Gasteiger partial charge in [-0.2, -0.15) is 0 Å². The Labute approximate surface area is 114 Å². The molecule has 3 rings (SSSR count). The lowest BCUT2D eigenvalue weighted by molar-refractivity contribution is 0.217. The number of hydrogen-bond donors (Lipinski definition) is 1. The molecule has 2 heterocycles. The van der Waals surface area contributed by atoms with Gasteiger partial charge in [-0.1, -0.05) is 12.1 Å². The van der Waals surface area contributed by atoms with E-state index in [0.717, 1.165) is 23.9 Å². The van der Waals surface area contributed by atoms with Crippen LogP contribution in [0.3, 0.4) is 0 Å². The second kappa shape index (κ2) is 5.21. The van der Waals surface area contributed by atoms with Crippen LogP contribution in [0.2, 0.25) is 0 Å². The molecule has 4 nitrogen and oxygen atoms in total. The number of para-hydroxylation sites is 2. The van der Waals surface area contributed by atoms with Gasteiger partial charge < -0.3 is 14.8 Å². The first kappa shape index (κ1) is 12.5. The summed E-state index contributed by atoms with van der Waals surface area (Å²) in [5.41, 5.74) is 2.25. The smallest absolute Gasteiger partial charge is 0.203 e. The molecule has 0 aliphatic carbocycles. The Hall–Kier alpha value is -1.55. The molecule has 1 atom stereocenters. The molecule has 0 saturated carbocycles. The summed E-state index contributed by atoms with van der Waals surface area (Å²) in [7, 11) is 4.28. The van der Waals surface area contributed by atoms with Crippen molar-refractivity contribution < 1.29 is 0 Å². The average molecular weight is 258 g/mol. The van der Waals surface area contributed by atoms with Gasteiger partial charge in [-0.25, -0.2) is 4.98 Å². The minimum atomic E-state index is 0.735. The number of piperidine rings is 1. The van der Waals surface area contributed by atoms with E-state index in [0.29, 0.717) is 0 Å². The van der Waals surface area contributed by atoms with E-state index in [9.17, 15) is 0 Å². The zero-order valence-corrected chi connectivity index (χ0v) is 11.8. The summed E-state index contributed by atoms with van der Waals surface area (Å²) in [5.74, 6) is 1.72. The van der Waals surface area contributed by atoms with Crippen LogP contribution in [0, 0.1) is 5.92 Å². The molecule has 1 aliphatic heterocycles. The highest BCUT2D eigenvalue weighted by Crippen LogP contribution is 2.19. The minimum absolute atomic E-state index is 0.735. The minimum Gasteiger partial charge on any atom is -0.355 e. The quantitative estimate of drug-likeness (QED) is 0.917. The summed E-state index contributed by atoms with van der Waals surface area (Å²) in [6.45, 7) is 3.45. The van der Waals surface area contributed by atoms with Crippen LogP contribution in [-0.4, -0.2) is 41.1 Å². The van der Waals surface area contributed by atoms with Gasteiger partial charge in [-0.15, -0.1) is 0 Å². The number of aromatic nitrogens is 2. The fraction of sp³-hybridized carbons (Fsp3) is 0.533. The Balaban J connectivity index is 1.69. The third-order valence-electron chi connectivity index (χ3n) is 4.06. The molecule has 0 radical (unpaired) electrons. The number of rotatable bonds is 3. The average Bonchev–Trinajstić information content (AvgIpc) is 2.74. The molecule has 1 aromatic carbocycles. The van der Waals surface area contributed by atoms with Gasteiger partial charge in [0, 0.05) is 20.1 Å². The first-order valence-corrected chi connectivity index (χ1v) is 7.08. The zero-order chi connectivity index (χ0) is 13.2. The van der Waals surface area contributed by atoms with Crippen LogP contribution in [0.15, 0.2) is 24.3 Å². The molecule has 0 spiro atoms. The van der Waals surface area contributed by atoms with Gasteiger partial charge >= 0.3 is 0 Å². The predicted octanol–water partition coefficient (Wildman–Crippen LogP) is 2.33. The highest BCUT2D eigenvalue weighted by atomic mass is 15.2. The lowest BCUT2D eigenvalue weighted by Crippen LogP contribution is -2.35. The molecule has 1 aliphatic rings. The van der Waals surface area contributed by atoms with Crippen molar-refractivity contribution in [2.45, 2.75) is 12.8 Å². The maximum atomic E-state index is 4.65. The van der Waals surface area contributed by atoms with E-state index in [-0.39, 0.29) is 0 Å². The van der Waals surface area contributed by atoms with E-state index in [1.165, 1.54) is 31.4 Å². The topological polar surface area (TPSA) is 33.1 Å². The third kappa shape index (κ3) is 2.59. The molecule has 102 valence electrons. The van der Waals surface area contributed by atoms with Gasteiger partial charge in [0.05, 0.1) is 11.0 Å². The summed E-state index contributed by atoms with van der Waals surface area (Å²) >= 11 is 0. The number of imidazole rings is 1. The van der Waals surface area contributed by atoms with E-state index >= 15 is 0 Å². The number of likely N-dealkylation sites (tertiary alicyclic amines) is 1. The summed E-state index contributed by atoms with van der Waals surface area (Å²) < 4.78 is 2.14. The summed E-state index contributed by atoms with van der Waals surface area (Å²) in [4.78, 5) is 7.08. The van der Waals surface area contributed by atoms with Crippen LogP contribution in [-0.2, 0) is 7.05 Å². The van der Waals surface area contributed by atoms with E-state index in [1.807, 2.05) is 6.07 Å². The molecular formula is C15H22N4. The maximum absolute atomic E-state index is 4.65. The van der Waals surface area contributed by atoms with E-state index < -0.39 is 0 Å². The number of benzene rings is 1. The monoisotopic (exact) mass is 258 g/mol. The highest BCUT2D eigenvalue weighted by molar-refractivity contribution is 5.78. The van der Waals surface area contributed by atoms with Crippen LogP contribution < -0.4 is 5.32 Å². The van der Waals surface area contributed by atoms with Gasteiger partial charge in [0.2, 0.25) is 5.95 Å². The maximum Gasteiger partial charge on any atom is 0.203 e. The first-order chi connectivity index (χ1) is 9.24. The van der Waals surface area contributed by atoms with Crippen molar-refractivity contribution in [3.63, 3.8) is 0 Å². The molecule has 1 N–H and O–H groups in total. The van der Waals surface area contributed by atoms with Crippen LogP contribution in [0.25, 0.3) is 11.0 Å². The third-order valence-corrected chi connectivity index (χ3v) is 4.06. The lowest BCUT2D eigenvalue weighted by Gasteiger charge is -2.29. The normalized spacial score (nSPS) is 20.8.